The predicted molar refractivity (Wildman–Crippen MR) is 104 cm³/mol. The third-order valence-corrected chi connectivity index (χ3v) is 4.62. The molecule has 0 radical (unpaired) electrons. The minimum atomic E-state index is 0.366. The third kappa shape index (κ3) is 6.67. The molecule has 0 fully saturated rings. The summed E-state index contributed by atoms with van der Waals surface area (Å²) in [5, 5.41) is 15.6. The van der Waals surface area contributed by atoms with E-state index in [9.17, 15) is 0 Å². The van der Waals surface area contributed by atoms with Crippen LogP contribution in [0.15, 0.2) is 4.99 Å². The fourth-order valence-corrected chi connectivity index (χ4v) is 3.09. The number of guanidine groups is 1. The maximum atomic E-state index is 4.75. The molecule has 1 aromatic heterocycles. The summed E-state index contributed by atoms with van der Waals surface area (Å²) in [5.74, 6) is 2.98. The first-order chi connectivity index (χ1) is 11.9. The van der Waals surface area contributed by atoms with Crippen LogP contribution in [0.1, 0.15) is 78.4 Å². The maximum absolute atomic E-state index is 4.75. The molecule has 2 N–H and O–H groups in total. The van der Waals surface area contributed by atoms with Crippen LogP contribution in [-0.2, 0) is 19.5 Å². The number of hydrogen-bond acceptors (Lipinski definition) is 3. The lowest BCUT2D eigenvalue weighted by Gasteiger charge is -2.23. The van der Waals surface area contributed by atoms with Crippen LogP contribution < -0.4 is 10.6 Å². The fraction of sp³-hybridized carbons (Fsp3) is 0.842. The second-order valence-electron chi connectivity index (χ2n) is 8.33. The number of hydrogen-bond donors (Lipinski definition) is 2. The Morgan fingerprint density at radius 3 is 2.76 bits per heavy atom. The van der Waals surface area contributed by atoms with Gasteiger partial charge < -0.3 is 15.2 Å². The Kier molecular flexibility index (Phi) is 7.26. The van der Waals surface area contributed by atoms with Gasteiger partial charge in [0.1, 0.15) is 12.4 Å². The quantitative estimate of drug-likeness (QED) is 0.611. The minimum Gasteiger partial charge on any atom is -0.357 e. The lowest BCUT2D eigenvalue weighted by Crippen LogP contribution is -2.42. The van der Waals surface area contributed by atoms with Crippen LogP contribution in [0.5, 0.6) is 0 Å². The molecular formula is C19H36N6. The Labute approximate surface area is 152 Å². The van der Waals surface area contributed by atoms with Gasteiger partial charge in [-0.3, -0.25) is 0 Å². The molecule has 0 spiro atoms. The smallest absolute Gasteiger partial charge is 0.191 e. The lowest BCUT2D eigenvalue weighted by atomic mass is 9.89. The van der Waals surface area contributed by atoms with Gasteiger partial charge in [0.15, 0.2) is 11.8 Å². The SMILES string of the molecule is CCNC(=NCc1nnc2n1CCCCC2)NC(C)CCC(C)(C)C. The van der Waals surface area contributed by atoms with Crippen LogP contribution in [-0.4, -0.2) is 33.3 Å². The standard InChI is InChI=1S/C19H36N6/c1-6-20-18(22-15(2)11-12-19(3,4)5)21-14-17-24-23-16-10-8-7-9-13-25(16)17/h15H,6-14H2,1-5H3,(H2,20,21,22). The first kappa shape index (κ1) is 19.7. The first-order valence-corrected chi connectivity index (χ1v) is 9.85. The van der Waals surface area contributed by atoms with Gasteiger partial charge in [0.25, 0.3) is 0 Å². The van der Waals surface area contributed by atoms with Gasteiger partial charge in [0, 0.05) is 25.6 Å². The van der Waals surface area contributed by atoms with Gasteiger partial charge in [0.2, 0.25) is 0 Å². The van der Waals surface area contributed by atoms with Crippen molar-refractivity contribution in [2.45, 2.75) is 92.3 Å². The molecule has 0 saturated heterocycles. The minimum absolute atomic E-state index is 0.366. The normalized spacial score (nSPS) is 16.9. The molecule has 2 heterocycles. The Hall–Kier alpha value is -1.59. The molecule has 25 heavy (non-hydrogen) atoms. The highest BCUT2D eigenvalue weighted by Crippen LogP contribution is 2.21. The Balaban J connectivity index is 1.96. The van der Waals surface area contributed by atoms with Crippen LogP contribution in [0.2, 0.25) is 0 Å². The maximum Gasteiger partial charge on any atom is 0.191 e. The number of nitrogens with one attached hydrogen (secondary N) is 2. The van der Waals surface area contributed by atoms with E-state index in [1.807, 2.05) is 0 Å². The monoisotopic (exact) mass is 348 g/mol. The van der Waals surface area contributed by atoms with Gasteiger partial charge in [-0.1, -0.05) is 27.2 Å². The molecular weight excluding hydrogens is 312 g/mol. The molecule has 1 aliphatic rings. The van der Waals surface area contributed by atoms with Crippen LogP contribution in [0, 0.1) is 5.41 Å². The topological polar surface area (TPSA) is 67.1 Å². The Morgan fingerprint density at radius 1 is 1.24 bits per heavy atom. The average Bonchev–Trinajstić information content (AvgIpc) is 2.77. The van der Waals surface area contributed by atoms with Crippen molar-refractivity contribution in [2.24, 2.45) is 10.4 Å². The van der Waals surface area contributed by atoms with Gasteiger partial charge in [0.05, 0.1) is 0 Å². The number of aromatic nitrogens is 3. The highest BCUT2D eigenvalue weighted by Gasteiger charge is 2.15. The molecule has 1 unspecified atom stereocenters. The Morgan fingerprint density at radius 2 is 2.04 bits per heavy atom. The summed E-state index contributed by atoms with van der Waals surface area (Å²) in [5.41, 5.74) is 0.366. The largest absolute Gasteiger partial charge is 0.357 e. The lowest BCUT2D eigenvalue weighted by molar-refractivity contribution is 0.346. The third-order valence-electron chi connectivity index (χ3n) is 4.62. The summed E-state index contributed by atoms with van der Waals surface area (Å²) >= 11 is 0. The van der Waals surface area contributed by atoms with Gasteiger partial charge in [-0.2, -0.15) is 0 Å². The van der Waals surface area contributed by atoms with Crippen molar-refractivity contribution in [2.75, 3.05) is 6.54 Å². The van der Waals surface area contributed by atoms with E-state index < -0.39 is 0 Å². The van der Waals surface area contributed by atoms with E-state index in [-0.39, 0.29) is 0 Å². The van der Waals surface area contributed by atoms with Gasteiger partial charge in [-0.15, -0.1) is 10.2 Å². The zero-order valence-corrected chi connectivity index (χ0v) is 16.7. The number of nitrogens with zero attached hydrogens (tertiary/aromatic N) is 4. The molecule has 0 aromatic carbocycles. The highest BCUT2D eigenvalue weighted by molar-refractivity contribution is 5.79. The number of aliphatic imine (C=N–C) groups is 1. The average molecular weight is 349 g/mol. The molecule has 0 bridgehead atoms. The molecule has 0 amide bonds. The molecule has 6 heteroatoms. The Bertz CT molecular complexity index is 555. The zero-order valence-electron chi connectivity index (χ0n) is 16.7. The van der Waals surface area contributed by atoms with Crippen molar-refractivity contribution in [1.82, 2.24) is 25.4 Å². The second kappa shape index (κ2) is 9.20. The summed E-state index contributed by atoms with van der Waals surface area (Å²) < 4.78 is 2.27. The molecule has 0 aliphatic carbocycles. The van der Waals surface area contributed by atoms with E-state index in [1.165, 1.54) is 25.7 Å². The molecule has 0 saturated carbocycles. The van der Waals surface area contributed by atoms with Crippen LogP contribution in [0.4, 0.5) is 0 Å². The van der Waals surface area contributed by atoms with Gasteiger partial charge in [-0.25, -0.2) is 4.99 Å². The van der Waals surface area contributed by atoms with E-state index >= 15 is 0 Å². The van der Waals surface area contributed by atoms with E-state index in [1.54, 1.807) is 0 Å². The predicted octanol–water partition coefficient (Wildman–Crippen LogP) is 3.27. The summed E-state index contributed by atoms with van der Waals surface area (Å²) in [6, 6.07) is 0.396. The molecule has 1 aliphatic heterocycles. The van der Waals surface area contributed by atoms with E-state index in [2.05, 4.69) is 60.0 Å². The molecule has 1 aromatic rings. The highest BCUT2D eigenvalue weighted by atomic mass is 15.3. The van der Waals surface area contributed by atoms with Crippen molar-refractivity contribution < 1.29 is 0 Å². The van der Waals surface area contributed by atoms with Crippen molar-refractivity contribution in [3.8, 4) is 0 Å². The number of aryl methyl sites for hydroxylation is 1. The van der Waals surface area contributed by atoms with Crippen molar-refractivity contribution in [3.63, 3.8) is 0 Å². The van der Waals surface area contributed by atoms with E-state index in [0.29, 0.717) is 18.0 Å². The number of rotatable bonds is 6. The van der Waals surface area contributed by atoms with Gasteiger partial charge >= 0.3 is 0 Å². The zero-order chi connectivity index (χ0) is 18.3. The van der Waals surface area contributed by atoms with Gasteiger partial charge in [-0.05, 0) is 44.9 Å². The van der Waals surface area contributed by atoms with Crippen LogP contribution in [0.3, 0.4) is 0 Å². The fourth-order valence-electron chi connectivity index (χ4n) is 3.09. The van der Waals surface area contributed by atoms with Crippen molar-refractivity contribution in [3.05, 3.63) is 11.6 Å². The van der Waals surface area contributed by atoms with E-state index in [4.69, 9.17) is 4.99 Å². The summed E-state index contributed by atoms with van der Waals surface area (Å²) in [7, 11) is 0. The van der Waals surface area contributed by atoms with E-state index in [0.717, 1.165) is 43.5 Å². The van der Waals surface area contributed by atoms with Crippen LogP contribution >= 0.6 is 0 Å². The summed E-state index contributed by atoms with van der Waals surface area (Å²) in [4.78, 5) is 4.75. The molecule has 6 nitrogen and oxygen atoms in total. The number of fused-ring (bicyclic) bond motifs is 1. The van der Waals surface area contributed by atoms with Crippen molar-refractivity contribution >= 4 is 5.96 Å². The first-order valence-electron chi connectivity index (χ1n) is 9.85. The summed E-state index contributed by atoms with van der Waals surface area (Å²) in [6.45, 7) is 13.6. The summed E-state index contributed by atoms with van der Waals surface area (Å²) in [6.07, 6.45) is 7.08. The molecule has 1 atom stereocenters. The molecule has 142 valence electrons. The van der Waals surface area contributed by atoms with Crippen LogP contribution in [0.25, 0.3) is 0 Å². The van der Waals surface area contributed by atoms with Crippen molar-refractivity contribution in [1.29, 1.82) is 0 Å². The molecule has 2 rings (SSSR count). The second-order valence-corrected chi connectivity index (χ2v) is 8.33.